The molecule has 0 aromatic rings. The molecule has 1 spiro atoms. The van der Waals surface area contributed by atoms with Gasteiger partial charge in [0, 0.05) is 11.9 Å². The van der Waals surface area contributed by atoms with Crippen LogP contribution in [-0.4, -0.2) is 29.8 Å². The standard InChI is InChI=1S/C12H23NOS/c1-10(8-13)9-15-11-3-6-14-12(7-11)4-2-5-12/h10-11H,2-9,13H2,1H3. The maximum absolute atomic E-state index is 5.93. The Morgan fingerprint density at radius 2 is 2.33 bits per heavy atom. The minimum absolute atomic E-state index is 0.307. The zero-order valence-corrected chi connectivity index (χ0v) is 10.5. The highest BCUT2D eigenvalue weighted by molar-refractivity contribution is 7.99. The summed E-state index contributed by atoms with van der Waals surface area (Å²) in [6.07, 6.45) is 6.50. The molecule has 1 saturated carbocycles. The first-order valence-corrected chi connectivity index (χ1v) is 7.25. The van der Waals surface area contributed by atoms with Crippen LogP contribution in [0.25, 0.3) is 0 Å². The SMILES string of the molecule is CC(CN)CSC1CCOC2(CCC2)C1. The van der Waals surface area contributed by atoms with Gasteiger partial charge in [-0.3, -0.25) is 0 Å². The predicted molar refractivity (Wildman–Crippen MR) is 66.2 cm³/mol. The molecule has 2 N–H and O–H groups in total. The lowest BCUT2D eigenvalue weighted by Crippen LogP contribution is -2.46. The van der Waals surface area contributed by atoms with Crippen LogP contribution in [0.5, 0.6) is 0 Å². The van der Waals surface area contributed by atoms with Crippen LogP contribution in [0.1, 0.15) is 39.0 Å². The summed E-state index contributed by atoms with van der Waals surface area (Å²) in [5.74, 6) is 1.88. The molecule has 2 aliphatic rings. The number of thioether (sulfide) groups is 1. The van der Waals surface area contributed by atoms with E-state index in [9.17, 15) is 0 Å². The van der Waals surface area contributed by atoms with Gasteiger partial charge in [0.05, 0.1) is 5.60 Å². The highest BCUT2D eigenvalue weighted by atomic mass is 32.2. The van der Waals surface area contributed by atoms with Crippen molar-refractivity contribution >= 4 is 11.8 Å². The van der Waals surface area contributed by atoms with E-state index in [-0.39, 0.29) is 0 Å². The fourth-order valence-corrected chi connectivity index (χ4v) is 3.83. The van der Waals surface area contributed by atoms with Crippen LogP contribution in [0.4, 0.5) is 0 Å². The molecule has 0 aromatic heterocycles. The van der Waals surface area contributed by atoms with E-state index in [4.69, 9.17) is 10.5 Å². The molecule has 1 heterocycles. The normalized spacial score (nSPS) is 31.2. The Balaban J connectivity index is 1.73. The Labute approximate surface area is 97.3 Å². The summed E-state index contributed by atoms with van der Waals surface area (Å²) in [5.41, 5.74) is 5.95. The minimum Gasteiger partial charge on any atom is -0.375 e. The van der Waals surface area contributed by atoms with Crippen LogP contribution in [-0.2, 0) is 4.74 Å². The van der Waals surface area contributed by atoms with Crippen LogP contribution >= 0.6 is 11.8 Å². The summed E-state index contributed by atoms with van der Waals surface area (Å²) in [7, 11) is 0. The fourth-order valence-electron chi connectivity index (χ4n) is 2.41. The van der Waals surface area contributed by atoms with E-state index in [1.54, 1.807) is 0 Å². The van der Waals surface area contributed by atoms with E-state index in [1.165, 1.54) is 37.9 Å². The first kappa shape index (κ1) is 11.7. The highest BCUT2D eigenvalue weighted by Crippen LogP contribution is 2.45. The van der Waals surface area contributed by atoms with E-state index in [1.807, 2.05) is 0 Å². The van der Waals surface area contributed by atoms with E-state index in [0.717, 1.165) is 18.4 Å². The zero-order valence-electron chi connectivity index (χ0n) is 9.71. The summed E-state index contributed by atoms with van der Waals surface area (Å²) in [4.78, 5) is 0. The lowest BCUT2D eigenvalue weighted by molar-refractivity contribution is -0.125. The van der Waals surface area contributed by atoms with E-state index >= 15 is 0 Å². The number of hydrogen-bond acceptors (Lipinski definition) is 3. The molecule has 2 nitrogen and oxygen atoms in total. The van der Waals surface area contributed by atoms with Gasteiger partial charge in [0.1, 0.15) is 0 Å². The van der Waals surface area contributed by atoms with E-state index < -0.39 is 0 Å². The monoisotopic (exact) mass is 229 g/mol. The average molecular weight is 229 g/mol. The molecule has 15 heavy (non-hydrogen) atoms. The Hall–Kier alpha value is 0.270. The second-order valence-electron chi connectivity index (χ2n) is 5.17. The van der Waals surface area contributed by atoms with Gasteiger partial charge in [-0.05, 0) is 50.3 Å². The van der Waals surface area contributed by atoms with Gasteiger partial charge in [-0.1, -0.05) is 6.92 Å². The molecule has 0 radical (unpaired) electrons. The number of ether oxygens (including phenoxy) is 1. The van der Waals surface area contributed by atoms with Crippen molar-refractivity contribution in [1.29, 1.82) is 0 Å². The van der Waals surface area contributed by atoms with Crippen molar-refractivity contribution in [2.24, 2.45) is 11.7 Å². The van der Waals surface area contributed by atoms with Crippen molar-refractivity contribution < 1.29 is 4.74 Å². The maximum atomic E-state index is 5.93. The van der Waals surface area contributed by atoms with Gasteiger partial charge in [0.2, 0.25) is 0 Å². The number of nitrogens with two attached hydrogens (primary N) is 1. The fraction of sp³-hybridized carbons (Fsp3) is 1.00. The quantitative estimate of drug-likeness (QED) is 0.804. The van der Waals surface area contributed by atoms with E-state index in [0.29, 0.717) is 11.5 Å². The lowest BCUT2D eigenvalue weighted by Gasteiger charge is -2.47. The van der Waals surface area contributed by atoms with Crippen molar-refractivity contribution in [3.63, 3.8) is 0 Å². The van der Waals surface area contributed by atoms with Gasteiger partial charge in [-0.2, -0.15) is 11.8 Å². The van der Waals surface area contributed by atoms with E-state index in [2.05, 4.69) is 18.7 Å². The van der Waals surface area contributed by atoms with Crippen molar-refractivity contribution in [3.05, 3.63) is 0 Å². The lowest BCUT2D eigenvalue weighted by atomic mass is 9.75. The average Bonchev–Trinajstić information content (AvgIpc) is 2.24. The third-order valence-corrected chi connectivity index (χ3v) is 5.37. The molecule has 1 saturated heterocycles. The minimum atomic E-state index is 0.307. The summed E-state index contributed by atoms with van der Waals surface area (Å²) in [5, 5.41) is 0.827. The second-order valence-corrected chi connectivity index (χ2v) is 6.51. The topological polar surface area (TPSA) is 35.2 Å². The smallest absolute Gasteiger partial charge is 0.0693 e. The molecule has 3 heteroatoms. The van der Waals surface area contributed by atoms with Crippen molar-refractivity contribution in [1.82, 2.24) is 0 Å². The van der Waals surface area contributed by atoms with Gasteiger partial charge in [0.25, 0.3) is 0 Å². The molecular formula is C12H23NOS. The van der Waals surface area contributed by atoms with Crippen LogP contribution in [0.3, 0.4) is 0 Å². The van der Waals surface area contributed by atoms with Gasteiger partial charge in [-0.25, -0.2) is 0 Å². The molecule has 2 fully saturated rings. The van der Waals surface area contributed by atoms with Crippen LogP contribution < -0.4 is 5.73 Å². The third-order valence-electron chi connectivity index (χ3n) is 3.73. The van der Waals surface area contributed by atoms with Crippen molar-refractivity contribution in [2.75, 3.05) is 18.9 Å². The first-order chi connectivity index (χ1) is 7.24. The molecule has 0 amide bonds. The summed E-state index contributed by atoms with van der Waals surface area (Å²) in [6, 6.07) is 0. The zero-order chi connectivity index (χ0) is 10.7. The third kappa shape index (κ3) is 2.89. The Kier molecular flexibility index (Phi) is 3.97. The van der Waals surface area contributed by atoms with Crippen LogP contribution in [0, 0.1) is 5.92 Å². The maximum Gasteiger partial charge on any atom is 0.0693 e. The van der Waals surface area contributed by atoms with Gasteiger partial charge >= 0.3 is 0 Å². The summed E-state index contributed by atoms with van der Waals surface area (Å²) >= 11 is 2.12. The molecular weight excluding hydrogens is 206 g/mol. The molecule has 1 aliphatic heterocycles. The predicted octanol–water partition coefficient (Wildman–Crippen LogP) is 2.42. The molecule has 2 rings (SSSR count). The highest BCUT2D eigenvalue weighted by Gasteiger charge is 2.42. The van der Waals surface area contributed by atoms with Crippen molar-refractivity contribution in [2.45, 2.75) is 49.9 Å². The molecule has 0 bridgehead atoms. The molecule has 1 aliphatic carbocycles. The largest absolute Gasteiger partial charge is 0.375 e. The molecule has 2 unspecified atom stereocenters. The molecule has 2 atom stereocenters. The number of rotatable bonds is 4. The molecule has 88 valence electrons. The Morgan fingerprint density at radius 3 is 2.93 bits per heavy atom. The summed E-state index contributed by atoms with van der Waals surface area (Å²) in [6.45, 7) is 4.04. The summed E-state index contributed by atoms with van der Waals surface area (Å²) < 4.78 is 5.93. The van der Waals surface area contributed by atoms with Crippen LogP contribution in [0.15, 0.2) is 0 Å². The Morgan fingerprint density at radius 1 is 1.53 bits per heavy atom. The molecule has 0 aromatic carbocycles. The number of hydrogen-bond donors (Lipinski definition) is 1. The van der Waals surface area contributed by atoms with Crippen LogP contribution in [0.2, 0.25) is 0 Å². The second kappa shape index (κ2) is 5.07. The van der Waals surface area contributed by atoms with Gasteiger partial charge in [-0.15, -0.1) is 0 Å². The van der Waals surface area contributed by atoms with Gasteiger partial charge in [0.15, 0.2) is 0 Å². The van der Waals surface area contributed by atoms with Crippen molar-refractivity contribution in [3.8, 4) is 0 Å². The first-order valence-electron chi connectivity index (χ1n) is 6.20. The Bertz CT molecular complexity index is 206. The van der Waals surface area contributed by atoms with Gasteiger partial charge < -0.3 is 10.5 Å².